The van der Waals surface area contributed by atoms with E-state index in [-0.39, 0.29) is 29.9 Å². The van der Waals surface area contributed by atoms with Crippen LogP contribution in [-0.4, -0.2) is 60.6 Å². The van der Waals surface area contributed by atoms with Gasteiger partial charge >= 0.3 is 6.09 Å². The number of carbonyl (C=O) groups excluding carboxylic acids is 3. The van der Waals surface area contributed by atoms with Gasteiger partial charge in [-0.25, -0.2) is 4.79 Å². The molecule has 1 aliphatic carbocycles. The highest BCUT2D eigenvalue weighted by molar-refractivity contribution is 6.33. The summed E-state index contributed by atoms with van der Waals surface area (Å²) in [5, 5.41) is 6.06. The Bertz CT molecular complexity index is 1040. The van der Waals surface area contributed by atoms with E-state index in [1.807, 2.05) is 39.0 Å². The number of allylic oxidation sites excluding steroid dienone is 1. The Labute approximate surface area is 224 Å². The van der Waals surface area contributed by atoms with Gasteiger partial charge in [-0.05, 0) is 76.5 Å². The summed E-state index contributed by atoms with van der Waals surface area (Å²) >= 11 is 6.65. The highest BCUT2D eigenvalue weighted by atomic mass is 35.5. The number of nitrogens with one attached hydrogen (secondary N) is 2. The molecule has 3 amide bonds. The van der Waals surface area contributed by atoms with E-state index >= 15 is 0 Å². The van der Waals surface area contributed by atoms with Crippen LogP contribution in [0.15, 0.2) is 30.5 Å². The zero-order valence-electron chi connectivity index (χ0n) is 22.1. The van der Waals surface area contributed by atoms with Crippen LogP contribution in [0.5, 0.6) is 0 Å². The third-order valence-electron chi connectivity index (χ3n) is 7.56. The van der Waals surface area contributed by atoms with Gasteiger partial charge in [0.25, 0.3) is 0 Å². The maximum absolute atomic E-state index is 12.2. The monoisotopic (exact) mass is 530 g/mol. The topological polar surface area (TPSA) is 91.0 Å². The van der Waals surface area contributed by atoms with E-state index in [9.17, 15) is 14.4 Å². The van der Waals surface area contributed by atoms with Gasteiger partial charge in [0.15, 0.2) is 0 Å². The summed E-state index contributed by atoms with van der Waals surface area (Å²) in [6.45, 7) is 13.5. The van der Waals surface area contributed by atoms with Crippen molar-refractivity contribution in [3.8, 4) is 0 Å². The molecule has 2 saturated heterocycles. The summed E-state index contributed by atoms with van der Waals surface area (Å²) in [5.41, 5.74) is 2.52. The second-order valence-electron chi connectivity index (χ2n) is 11.4. The fourth-order valence-electron chi connectivity index (χ4n) is 5.55. The maximum atomic E-state index is 12.2. The van der Waals surface area contributed by atoms with E-state index in [0.717, 1.165) is 63.1 Å². The molecule has 1 saturated carbocycles. The van der Waals surface area contributed by atoms with Crippen molar-refractivity contribution in [3.05, 3.63) is 41.1 Å². The minimum absolute atomic E-state index is 0.154. The molecule has 4 rings (SSSR count). The van der Waals surface area contributed by atoms with E-state index in [4.69, 9.17) is 16.3 Å². The minimum atomic E-state index is -0.489. The molecule has 37 heavy (non-hydrogen) atoms. The SMILES string of the molecule is C=C(C1CCC(NC(=O)OC(C)(C)C)CC1)N1CCN(c2ccc(C3CCC(=O)NC3=O)cc2Cl)CC1. The number of benzene rings is 1. The molecule has 0 bridgehead atoms. The number of halogens is 1. The maximum Gasteiger partial charge on any atom is 0.407 e. The molecule has 1 aromatic carbocycles. The van der Waals surface area contributed by atoms with Crippen LogP contribution < -0.4 is 15.5 Å². The number of hydrogen-bond acceptors (Lipinski definition) is 6. The molecule has 2 heterocycles. The second-order valence-corrected chi connectivity index (χ2v) is 11.8. The summed E-state index contributed by atoms with van der Waals surface area (Å²) in [5.74, 6) is -0.366. The first-order valence-electron chi connectivity index (χ1n) is 13.3. The van der Waals surface area contributed by atoms with Gasteiger partial charge in [0, 0.05) is 44.3 Å². The Hall–Kier alpha value is -2.74. The molecule has 0 radical (unpaired) electrons. The normalized spacial score (nSPS) is 24.9. The third-order valence-corrected chi connectivity index (χ3v) is 7.86. The van der Waals surface area contributed by atoms with Crippen LogP contribution in [0.1, 0.15) is 70.8 Å². The fourth-order valence-corrected chi connectivity index (χ4v) is 5.85. The predicted octanol–water partition coefficient (Wildman–Crippen LogP) is 4.58. The second kappa shape index (κ2) is 11.3. The van der Waals surface area contributed by atoms with Crippen molar-refractivity contribution in [3.63, 3.8) is 0 Å². The van der Waals surface area contributed by atoms with Gasteiger partial charge in [-0.3, -0.25) is 14.9 Å². The van der Waals surface area contributed by atoms with Crippen molar-refractivity contribution in [2.24, 2.45) is 5.92 Å². The van der Waals surface area contributed by atoms with Gasteiger partial charge in [-0.15, -0.1) is 0 Å². The lowest BCUT2D eigenvalue weighted by molar-refractivity contribution is -0.134. The molecular formula is C28H39ClN4O4. The molecule has 2 N–H and O–H groups in total. The Kier molecular flexibility index (Phi) is 8.36. The number of nitrogens with zero attached hydrogens (tertiary/aromatic N) is 2. The molecule has 1 aromatic rings. The molecule has 202 valence electrons. The largest absolute Gasteiger partial charge is 0.444 e. The van der Waals surface area contributed by atoms with Crippen molar-refractivity contribution in [2.45, 2.75) is 76.9 Å². The average molecular weight is 531 g/mol. The zero-order valence-corrected chi connectivity index (χ0v) is 22.9. The quantitative estimate of drug-likeness (QED) is 0.541. The van der Waals surface area contributed by atoms with Gasteiger partial charge in [0.05, 0.1) is 16.6 Å². The van der Waals surface area contributed by atoms with Crippen molar-refractivity contribution in [1.29, 1.82) is 0 Å². The molecule has 0 spiro atoms. The molecule has 8 nitrogen and oxygen atoms in total. The summed E-state index contributed by atoms with van der Waals surface area (Å²) in [6, 6.07) is 5.97. The van der Waals surface area contributed by atoms with E-state index in [0.29, 0.717) is 23.8 Å². The third kappa shape index (κ3) is 6.98. The number of alkyl carbamates (subject to hydrolysis) is 1. The Morgan fingerprint density at radius 1 is 1.08 bits per heavy atom. The van der Waals surface area contributed by atoms with E-state index in [1.165, 1.54) is 5.70 Å². The van der Waals surface area contributed by atoms with Crippen LogP contribution in [0.25, 0.3) is 0 Å². The summed E-state index contributed by atoms with van der Waals surface area (Å²) in [7, 11) is 0. The number of carbonyl (C=O) groups is 3. The Morgan fingerprint density at radius 2 is 1.76 bits per heavy atom. The van der Waals surface area contributed by atoms with Crippen molar-refractivity contribution in [2.75, 3.05) is 31.1 Å². The van der Waals surface area contributed by atoms with Crippen LogP contribution in [0.2, 0.25) is 5.02 Å². The lowest BCUT2D eigenvalue weighted by Gasteiger charge is -2.42. The van der Waals surface area contributed by atoms with E-state index in [2.05, 4.69) is 27.0 Å². The van der Waals surface area contributed by atoms with Gasteiger partial charge in [-0.1, -0.05) is 24.2 Å². The number of amides is 3. The first-order valence-corrected chi connectivity index (χ1v) is 13.7. The number of piperidine rings is 1. The molecule has 1 atom stereocenters. The van der Waals surface area contributed by atoms with Crippen LogP contribution >= 0.6 is 11.6 Å². The van der Waals surface area contributed by atoms with E-state index in [1.54, 1.807) is 0 Å². The molecule has 1 unspecified atom stereocenters. The summed E-state index contributed by atoms with van der Waals surface area (Å²) in [4.78, 5) is 40.4. The van der Waals surface area contributed by atoms with Gasteiger partial charge in [-0.2, -0.15) is 0 Å². The van der Waals surface area contributed by atoms with E-state index < -0.39 is 5.60 Å². The van der Waals surface area contributed by atoms with Gasteiger partial charge < -0.3 is 19.9 Å². The number of ether oxygens (including phenoxy) is 1. The highest BCUT2D eigenvalue weighted by Crippen LogP contribution is 2.35. The lowest BCUT2D eigenvalue weighted by atomic mass is 9.84. The van der Waals surface area contributed by atoms with Crippen molar-refractivity contribution in [1.82, 2.24) is 15.5 Å². The molecular weight excluding hydrogens is 492 g/mol. The minimum Gasteiger partial charge on any atom is -0.444 e. The van der Waals surface area contributed by atoms with Crippen molar-refractivity contribution < 1.29 is 19.1 Å². The zero-order chi connectivity index (χ0) is 26.7. The van der Waals surface area contributed by atoms with Gasteiger partial charge in [0.1, 0.15) is 5.60 Å². The van der Waals surface area contributed by atoms with Crippen LogP contribution in [0, 0.1) is 5.92 Å². The fraction of sp³-hybridized carbons (Fsp3) is 0.607. The number of imide groups is 1. The molecule has 0 aromatic heterocycles. The summed E-state index contributed by atoms with van der Waals surface area (Å²) in [6.07, 6.45) is 4.40. The van der Waals surface area contributed by atoms with Crippen LogP contribution in [-0.2, 0) is 14.3 Å². The van der Waals surface area contributed by atoms with Gasteiger partial charge in [0.2, 0.25) is 11.8 Å². The standard InChI is InChI=1S/C28H39ClN4O4/c1-18(19-5-8-21(9-6-19)30-27(36)37-28(2,3)4)32-13-15-33(16-14-32)24-11-7-20(17-23(24)29)22-10-12-25(34)31-26(22)35/h7,11,17,19,21-22H,1,5-6,8-10,12-16H2,2-4H3,(H,30,36)(H,31,34,35). The van der Waals surface area contributed by atoms with Crippen LogP contribution in [0.3, 0.4) is 0 Å². The smallest absolute Gasteiger partial charge is 0.407 e. The van der Waals surface area contributed by atoms with Crippen molar-refractivity contribution >= 4 is 35.2 Å². The number of anilines is 1. The Balaban J connectivity index is 1.25. The highest BCUT2D eigenvalue weighted by Gasteiger charge is 2.31. The number of hydrogen-bond donors (Lipinski definition) is 2. The lowest BCUT2D eigenvalue weighted by Crippen LogP contribution is -2.47. The van der Waals surface area contributed by atoms with Crippen LogP contribution in [0.4, 0.5) is 10.5 Å². The summed E-state index contributed by atoms with van der Waals surface area (Å²) < 4.78 is 5.39. The number of piperazine rings is 1. The molecule has 9 heteroatoms. The molecule has 2 aliphatic heterocycles. The molecule has 3 fully saturated rings. The first-order chi connectivity index (χ1) is 17.5. The first kappa shape index (κ1) is 27.3. The average Bonchev–Trinajstić information content (AvgIpc) is 2.83. The number of rotatable bonds is 5. The Morgan fingerprint density at radius 3 is 2.35 bits per heavy atom. The predicted molar refractivity (Wildman–Crippen MR) is 145 cm³/mol. The molecule has 3 aliphatic rings.